The average molecular weight is 232 g/mol. The summed E-state index contributed by atoms with van der Waals surface area (Å²) in [4.78, 5) is 4.46. The smallest absolute Gasteiger partial charge is 0.0809 e. The van der Waals surface area contributed by atoms with Gasteiger partial charge in [0.25, 0.3) is 0 Å². The molecule has 0 bridgehead atoms. The largest absolute Gasteiger partial charge is 0.307 e. The predicted octanol–water partition coefficient (Wildman–Crippen LogP) is 3.33. The van der Waals surface area contributed by atoms with Gasteiger partial charge in [-0.05, 0) is 49.3 Å². The van der Waals surface area contributed by atoms with Crippen LogP contribution in [0.2, 0.25) is 0 Å². The van der Waals surface area contributed by atoms with Gasteiger partial charge in [-0.15, -0.1) is 11.3 Å². The molecule has 2 nitrogen and oxygen atoms in total. The van der Waals surface area contributed by atoms with E-state index >= 15 is 0 Å². The first kappa shape index (κ1) is 10.2. The first-order valence-corrected chi connectivity index (χ1v) is 6.70. The number of fused-ring (bicyclic) bond motifs is 1. The Morgan fingerprint density at radius 3 is 3.12 bits per heavy atom. The molecule has 1 fully saturated rings. The molecule has 0 radical (unpaired) electrons. The fraction of sp³-hybridized carbons (Fsp3) is 0.462. The Bertz CT molecular complexity index is 499. The number of thiophene rings is 1. The second-order valence-corrected chi connectivity index (χ2v) is 5.86. The topological polar surface area (TPSA) is 24.9 Å². The molecule has 3 heteroatoms. The molecule has 16 heavy (non-hydrogen) atoms. The Labute approximate surface area is 99.7 Å². The Balaban J connectivity index is 1.73. The number of rotatable bonds is 3. The highest BCUT2D eigenvalue weighted by atomic mass is 32.1. The van der Waals surface area contributed by atoms with E-state index in [2.05, 4.69) is 34.7 Å². The molecule has 0 amide bonds. The highest BCUT2D eigenvalue weighted by Crippen LogP contribution is 2.31. The lowest BCUT2D eigenvalue weighted by atomic mass is 9.78. The van der Waals surface area contributed by atoms with Crippen molar-refractivity contribution in [3.8, 4) is 0 Å². The zero-order valence-electron chi connectivity index (χ0n) is 9.49. The third kappa shape index (κ3) is 1.85. The van der Waals surface area contributed by atoms with Crippen LogP contribution in [-0.4, -0.2) is 10.5 Å². The van der Waals surface area contributed by atoms with E-state index in [1.165, 1.54) is 29.5 Å². The van der Waals surface area contributed by atoms with Crippen LogP contribution in [0.15, 0.2) is 23.7 Å². The second-order valence-electron chi connectivity index (χ2n) is 4.92. The van der Waals surface area contributed by atoms with Gasteiger partial charge in [-0.2, -0.15) is 0 Å². The monoisotopic (exact) mass is 232 g/mol. The molecule has 1 aliphatic rings. The summed E-state index contributed by atoms with van der Waals surface area (Å²) < 4.78 is 1.29. The van der Waals surface area contributed by atoms with E-state index in [-0.39, 0.29) is 0 Å². The first-order valence-electron chi connectivity index (χ1n) is 5.82. The molecule has 0 spiro atoms. The minimum absolute atomic E-state index is 0.379. The molecule has 1 aliphatic carbocycles. The van der Waals surface area contributed by atoms with Crippen molar-refractivity contribution in [3.05, 3.63) is 29.3 Å². The summed E-state index contributed by atoms with van der Waals surface area (Å²) in [6.45, 7) is 3.25. The van der Waals surface area contributed by atoms with Crippen molar-refractivity contribution >= 4 is 21.6 Å². The van der Waals surface area contributed by atoms with Crippen LogP contribution in [0.3, 0.4) is 0 Å². The molecule has 0 saturated heterocycles. The summed E-state index contributed by atoms with van der Waals surface area (Å²) in [5.41, 5.74) is 2.79. The summed E-state index contributed by atoms with van der Waals surface area (Å²) in [5, 5.41) is 5.73. The molecule has 2 aromatic rings. The molecule has 1 saturated carbocycles. The molecule has 84 valence electrons. The fourth-order valence-electron chi connectivity index (χ4n) is 2.18. The van der Waals surface area contributed by atoms with E-state index in [1.54, 1.807) is 11.3 Å². The van der Waals surface area contributed by atoms with Gasteiger partial charge in [0.05, 0.1) is 10.2 Å². The average Bonchev–Trinajstić information content (AvgIpc) is 2.70. The first-order chi connectivity index (χ1) is 7.75. The molecular weight excluding hydrogens is 216 g/mol. The van der Waals surface area contributed by atoms with Gasteiger partial charge in [-0.25, -0.2) is 0 Å². The summed E-state index contributed by atoms with van der Waals surface area (Å²) in [5.74, 6) is 0. The Kier molecular flexibility index (Phi) is 2.45. The maximum Gasteiger partial charge on any atom is 0.0809 e. The molecule has 1 N–H and O–H groups in total. The van der Waals surface area contributed by atoms with Gasteiger partial charge in [0.15, 0.2) is 0 Å². The van der Waals surface area contributed by atoms with Crippen molar-refractivity contribution in [1.82, 2.24) is 10.3 Å². The number of hydrogen-bond acceptors (Lipinski definition) is 3. The van der Waals surface area contributed by atoms with Crippen LogP contribution in [0.1, 0.15) is 31.7 Å². The number of pyridine rings is 1. The lowest BCUT2D eigenvalue weighted by Gasteiger charge is -2.39. The zero-order valence-corrected chi connectivity index (χ0v) is 10.3. The zero-order chi connectivity index (χ0) is 11.0. The quantitative estimate of drug-likeness (QED) is 0.878. The van der Waals surface area contributed by atoms with Crippen LogP contribution in [0.5, 0.6) is 0 Å². The molecule has 0 atom stereocenters. The van der Waals surface area contributed by atoms with Gasteiger partial charge in [0.1, 0.15) is 0 Å². The number of hydrogen-bond donors (Lipinski definition) is 1. The molecule has 2 heterocycles. The molecule has 3 rings (SSSR count). The minimum Gasteiger partial charge on any atom is -0.307 e. The van der Waals surface area contributed by atoms with Crippen LogP contribution < -0.4 is 5.32 Å². The molecule has 0 aromatic carbocycles. The normalized spacial score (nSPS) is 18.6. The van der Waals surface area contributed by atoms with Crippen LogP contribution in [0.25, 0.3) is 10.2 Å². The van der Waals surface area contributed by atoms with E-state index < -0.39 is 0 Å². The fourth-order valence-corrected chi connectivity index (χ4v) is 2.99. The van der Waals surface area contributed by atoms with Crippen LogP contribution >= 0.6 is 11.3 Å². The van der Waals surface area contributed by atoms with Crippen molar-refractivity contribution in [2.75, 3.05) is 0 Å². The third-order valence-electron chi connectivity index (χ3n) is 3.54. The van der Waals surface area contributed by atoms with Gasteiger partial charge in [-0.1, -0.05) is 0 Å². The summed E-state index contributed by atoms with van der Waals surface area (Å²) in [6, 6.07) is 4.33. The third-order valence-corrected chi connectivity index (χ3v) is 4.39. The van der Waals surface area contributed by atoms with Gasteiger partial charge in [0.2, 0.25) is 0 Å². The summed E-state index contributed by atoms with van der Waals surface area (Å²) in [6.07, 6.45) is 5.97. The molecular formula is C13H16N2S. The van der Waals surface area contributed by atoms with Crippen molar-refractivity contribution in [3.63, 3.8) is 0 Å². The summed E-state index contributed by atoms with van der Waals surface area (Å²) in [7, 11) is 0. The van der Waals surface area contributed by atoms with E-state index in [9.17, 15) is 0 Å². The standard InChI is InChI=1S/C13H16N2S/c1-13(4-2-5-13)15-9-10-7-12-11(14-8-10)3-6-16-12/h3,6-8,15H,2,4-5,9H2,1H3. The molecule has 0 aliphatic heterocycles. The summed E-state index contributed by atoms with van der Waals surface area (Å²) >= 11 is 1.76. The SMILES string of the molecule is CC1(NCc2cnc3ccsc3c2)CCC1. The van der Waals surface area contributed by atoms with Crippen molar-refractivity contribution in [2.24, 2.45) is 0 Å². The van der Waals surface area contributed by atoms with Crippen LogP contribution in [-0.2, 0) is 6.54 Å². The maximum absolute atomic E-state index is 4.46. The minimum atomic E-state index is 0.379. The van der Waals surface area contributed by atoms with E-state index in [4.69, 9.17) is 0 Å². The van der Waals surface area contributed by atoms with E-state index in [1.807, 2.05) is 6.20 Å². The highest BCUT2D eigenvalue weighted by molar-refractivity contribution is 7.17. The van der Waals surface area contributed by atoms with Gasteiger partial charge >= 0.3 is 0 Å². The Morgan fingerprint density at radius 1 is 1.50 bits per heavy atom. The van der Waals surface area contributed by atoms with Crippen molar-refractivity contribution in [2.45, 2.75) is 38.3 Å². The molecule has 0 unspecified atom stereocenters. The van der Waals surface area contributed by atoms with Crippen molar-refractivity contribution in [1.29, 1.82) is 0 Å². The Hall–Kier alpha value is -0.930. The predicted molar refractivity (Wildman–Crippen MR) is 68.7 cm³/mol. The van der Waals surface area contributed by atoms with E-state index in [0.29, 0.717) is 5.54 Å². The number of nitrogens with zero attached hydrogens (tertiary/aromatic N) is 1. The Morgan fingerprint density at radius 2 is 2.38 bits per heavy atom. The lowest BCUT2D eigenvalue weighted by Crippen LogP contribution is -2.47. The van der Waals surface area contributed by atoms with Gasteiger partial charge in [-0.3, -0.25) is 4.98 Å². The second kappa shape index (κ2) is 3.82. The molecule has 2 aromatic heterocycles. The van der Waals surface area contributed by atoms with Crippen LogP contribution in [0, 0.1) is 0 Å². The van der Waals surface area contributed by atoms with E-state index in [0.717, 1.165) is 12.1 Å². The maximum atomic E-state index is 4.46. The number of aromatic nitrogens is 1. The van der Waals surface area contributed by atoms with Crippen molar-refractivity contribution < 1.29 is 0 Å². The number of nitrogens with one attached hydrogen (secondary N) is 1. The van der Waals surface area contributed by atoms with Gasteiger partial charge < -0.3 is 5.32 Å². The highest BCUT2D eigenvalue weighted by Gasteiger charge is 2.30. The van der Waals surface area contributed by atoms with Gasteiger partial charge in [0, 0.05) is 18.3 Å². The lowest BCUT2D eigenvalue weighted by molar-refractivity contribution is 0.207. The van der Waals surface area contributed by atoms with Crippen LogP contribution in [0.4, 0.5) is 0 Å².